The van der Waals surface area contributed by atoms with E-state index in [4.69, 9.17) is 11.6 Å². The van der Waals surface area contributed by atoms with Crippen molar-refractivity contribution in [3.63, 3.8) is 0 Å². The van der Waals surface area contributed by atoms with Gasteiger partial charge in [0.25, 0.3) is 0 Å². The molecule has 1 aliphatic carbocycles. The van der Waals surface area contributed by atoms with E-state index in [0.29, 0.717) is 28.3 Å². The zero-order valence-corrected chi connectivity index (χ0v) is 11.5. The Morgan fingerprint density at radius 2 is 2.00 bits per heavy atom. The van der Waals surface area contributed by atoms with Gasteiger partial charge in [0.05, 0.1) is 5.69 Å². The molecule has 0 atom stereocenters. The molecule has 1 aromatic heterocycles. The minimum Gasteiger partial charge on any atom is -0.337 e. The van der Waals surface area contributed by atoms with Crippen LogP contribution < -0.4 is 5.32 Å². The Morgan fingerprint density at radius 1 is 1.25 bits per heavy atom. The monoisotopic (exact) mass is 295 g/mol. The van der Waals surface area contributed by atoms with Gasteiger partial charge in [-0.05, 0) is 31.9 Å². The first-order valence-electron chi connectivity index (χ1n) is 6.30. The number of halogens is 3. The summed E-state index contributed by atoms with van der Waals surface area (Å²) in [7, 11) is 0. The van der Waals surface area contributed by atoms with E-state index in [0.717, 1.165) is 18.9 Å². The van der Waals surface area contributed by atoms with Crippen LogP contribution in [0.15, 0.2) is 18.2 Å². The van der Waals surface area contributed by atoms with Gasteiger partial charge in [0.15, 0.2) is 0 Å². The summed E-state index contributed by atoms with van der Waals surface area (Å²) in [5.74, 6) is 0.172. The third-order valence-electron chi connectivity index (χ3n) is 3.23. The average Bonchev–Trinajstić information content (AvgIpc) is 3.22. The Balaban J connectivity index is 1.97. The molecule has 0 unspecified atom stereocenters. The number of nitrogens with one attached hydrogen (secondary N) is 1. The highest BCUT2D eigenvalue weighted by Gasteiger charge is 2.28. The van der Waals surface area contributed by atoms with Crippen molar-refractivity contribution in [3.05, 3.63) is 46.4 Å². The van der Waals surface area contributed by atoms with Gasteiger partial charge in [-0.15, -0.1) is 0 Å². The van der Waals surface area contributed by atoms with Crippen molar-refractivity contribution in [2.24, 2.45) is 0 Å². The molecule has 1 heterocycles. The van der Waals surface area contributed by atoms with Crippen LogP contribution in [0.2, 0.25) is 5.15 Å². The number of rotatable bonds is 3. The molecule has 1 saturated carbocycles. The zero-order valence-electron chi connectivity index (χ0n) is 10.8. The summed E-state index contributed by atoms with van der Waals surface area (Å²) in [6.45, 7) is 1.75. The van der Waals surface area contributed by atoms with Crippen LogP contribution in [-0.4, -0.2) is 9.97 Å². The fourth-order valence-electron chi connectivity index (χ4n) is 1.87. The SMILES string of the molecule is Cc1c(Cl)nc(C2CC2)nc1Nc1ccc(F)cc1F. The molecule has 0 aliphatic heterocycles. The van der Waals surface area contributed by atoms with Gasteiger partial charge in [-0.2, -0.15) is 0 Å². The normalized spacial score (nSPS) is 14.4. The summed E-state index contributed by atoms with van der Waals surface area (Å²) >= 11 is 6.08. The quantitative estimate of drug-likeness (QED) is 0.856. The summed E-state index contributed by atoms with van der Waals surface area (Å²) in [6.07, 6.45) is 2.09. The number of hydrogen-bond acceptors (Lipinski definition) is 3. The third-order valence-corrected chi connectivity index (χ3v) is 3.60. The summed E-state index contributed by atoms with van der Waals surface area (Å²) in [6, 6.07) is 3.34. The Hall–Kier alpha value is -1.75. The average molecular weight is 296 g/mol. The highest BCUT2D eigenvalue weighted by atomic mass is 35.5. The van der Waals surface area contributed by atoms with E-state index in [-0.39, 0.29) is 5.69 Å². The summed E-state index contributed by atoms with van der Waals surface area (Å²) in [4.78, 5) is 8.62. The molecule has 6 heteroatoms. The van der Waals surface area contributed by atoms with Gasteiger partial charge in [0.2, 0.25) is 0 Å². The first-order chi connectivity index (χ1) is 9.54. The van der Waals surface area contributed by atoms with Crippen LogP contribution in [0.3, 0.4) is 0 Å². The van der Waals surface area contributed by atoms with E-state index in [1.54, 1.807) is 6.92 Å². The minimum absolute atomic E-state index is 0.158. The summed E-state index contributed by atoms with van der Waals surface area (Å²) < 4.78 is 26.6. The number of aromatic nitrogens is 2. The van der Waals surface area contributed by atoms with Crippen molar-refractivity contribution in [2.45, 2.75) is 25.7 Å². The lowest BCUT2D eigenvalue weighted by Gasteiger charge is -2.12. The second-order valence-electron chi connectivity index (χ2n) is 4.87. The molecule has 104 valence electrons. The molecule has 0 bridgehead atoms. The van der Waals surface area contributed by atoms with Crippen LogP contribution in [0.4, 0.5) is 20.3 Å². The lowest BCUT2D eigenvalue weighted by atomic mass is 10.2. The van der Waals surface area contributed by atoms with Gasteiger partial charge in [-0.3, -0.25) is 0 Å². The molecule has 1 fully saturated rings. The van der Waals surface area contributed by atoms with E-state index in [2.05, 4.69) is 15.3 Å². The van der Waals surface area contributed by atoms with Crippen LogP contribution in [0, 0.1) is 18.6 Å². The fraction of sp³-hybridized carbons (Fsp3) is 0.286. The maximum absolute atomic E-state index is 13.7. The van der Waals surface area contributed by atoms with E-state index in [9.17, 15) is 8.78 Å². The molecular formula is C14H12ClF2N3. The first kappa shape index (κ1) is 13.2. The van der Waals surface area contributed by atoms with Gasteiger partial charge in [-0.1, -0.05) is 11.6 Å². The van der Waals surface area contributed by atoms with Crippen LogP contribution in [0.5, 0.6) is 0 Å². The zero-order chi connectivity index (χ0) is 14.3. The molecule has 2 aromatic rings. The maximum atomic E-state index is 13.7. The van der Waals surface area contributed by atoms with Gasteiger partial charge in [0.1, 0.15) is 28.4 Å². The van der Waals surface area contributed by atoms with Crippen LogP contribution in [0.25, 0.3) is 0 Å². The molecule has 0 amide bonds. The number of anilines is 2. The number of benzene rings is 1. The molecular weight excluding hydrogens is 284 g/mol. The van der Waals surface area contributed by atoms with Crippen molar-refractivity contribution in [1.82, 2.24) is 9.97 Å². The summed E-state index contributed by atoms with van der Waals surface area (Å²) in [5, 5.41) is 3.21. The van der Waals surface area contributed by atoms with Crippen LogP contribution in [0.1, 0.15) is 30.1 Å². The molecule has 0 saturated heterocycles. The Morgan fingerprint density at radius 3 is 2.65 bits per heavy atom. The van der Waals surface area contributed by atoms with E-state index >= 15 is 0 Å². The number of nitrogens with zero attached hydrogens (tertiary/aromatic N) is 2. The van der Waals surface area contributed by atoms with Gasteiger partial charge >= 0.3 is 0 Å². The third kappa shape index (κ3) is 2.58. The van der Waals surface area contributed by atoms with Crippen LogP contribution in [-0.2, 0) is 0 Å². The lowest BCUT2D eigenvalue weighted by Crippen LogP contribution is -2.04. The Bertz CT molecular complexity index is 672. The van der Waals surface area contributed by atoms with E-state index < -0.39 is 11.6 Å². The molecule has 3 nitrogen and oxygen atoms in total. The predicted molar refractivity (Wildman–Crippen MR) is 73.4 cm³/mol. The smallest absolute Gasteiger partial charge is 0.149 e. The molecule has 3 rings (SSSR count). The molecule has 0 spiro atoms. The predicted octanol–water partition coefficient (Wildman–Crippen LogP) is 4.34. The molecule has 1 aromatic carbocycles. The second kappa shape index (κ2) is 4.98. The number of hydrogen-bond donors (Lipinski definition) is 1. The maximum Gasteiger partial charge on any atom is 0.149 e. The Labute approximate surface area is 120 Å². The van der Waals surface area contributed by atoms with Crippen molar-refractivity contribution >= 4 is 23.1 Å². The van der Waals surface area contributed by atoms with Crippen molar-refractivity contribution < 1.29 is 8.78 Å². The summed E-state index contributed by atoms with van der Waals surface area (Å²) in [5.41, 5.74) is 0.797. The topological polar surface area (TPSA) is 37.8 Å². The molecule has 1 N–H and O–H groups in total. The van der Waals surface area contributed by atoms with Crippen molar-refractivity contribution in [1.29, 1.82) is 0 Å². The molecule has 0 radical (unpaired) electrons. The fourth-order valence-corrected chi connectivity index (χ4v) is 2.05. The van der Waals surface area contributed by atoms with Crippen molar-refractivity contribution in [3.8, 4) is 0 Å². The van der Waals surface area contributed by atoms with Crippen LogP contribution >= 0.6 is 11.6 Å². The van der Waals surface area contributed by atoms with Crippen molar-refractivity contribution in [2.75, 3.05) is 5.32 Å². The van der Waals surface area contributed by atoms with E-state index in [1.807, 2.05) is 0 Å². The Kier molecular flexibility index (Phi) is 3.30. The first-order valence-corrected chi connectivity index (χ1v) is 6.68. The standard InChI is InChI=1S/C14H12ClF2N3/c1-7-12(15)19-14(8-2-3-8)20-13(7)18-11-5-4-9(16)6-10(11)17/h4-6,8H,2-3H2,1H3,(H,18,19,20). The highest BCUT2D eigenvalue weighted by Crippen LogP contribution is 2.39. The minimum atomic E-state index is -0.674. The van der Waals surface area contributed by atoms with Gasteiger partial charge in [0, 0.05) is 17.5 Å². The van der Waals surface area contributed by atoms with Gasteiger partial charge < -0.3 is 5.32 Å². The van der Waals surface area contributed by atoms with Gasteiger partial charge in [-0.25, -0.2) is 18.7 Å². The largest absolute Gasteiger partial charge is 0.337 e. The second-order valence-corrected chi connectivity index (χ2v) is 5.23. The lowest BCUT2D eigenvalue weighted by molar-refractivity contribution is 0.586. The molecule has 20 heavy (non-hydrogen) atoms. The van der Waals surface area contributed by atoms with E-state index in [1.165, 1.54) is 12.1 Å². The molecule has 1 aliphatic rings. The highest BCUT2D eigenvalue weighted by molar-refractivity contribution is 6.30.